The normalized spacial score (nSPS) is 18.9. The molecule has 0 bridgehead atoms. The van der Waals surface area contributed by atoms with Crippen LogP contribution in [0.2, 0.25) is 0 Å². The first kappa shape index (κ1) is 19.8. The Labute approximate surface area is 182 Å². The Morgan fingerprint density at radius 2 is 2.03 bits per heavy atom. The van der Waals surface area contributed by atoms with E-state index in [0.717, 1.165) is 52.2 Å². The maximum atomic E-state index is 13.9. The molecule has 1 aliphatic carbocycles. The van der Waals surface area contributed by atoms with Gasteiger partial charge in [0.15, 0.2) is 5.65 Å². The summed E-state index contributed by atoms with van der Waals surface area (Å²) in [4.78, 5) is 9.34. The highest BCUT2D eigenvalue weighted by Gasteiger charge is 2.29. The quantitative estimate of drug-likeness (QED) is 0.487. The molecule has 0 radical (unpaired) electrons. The summed E-state index contributed by atoms with van der Waals surface area (Å²) < 4.78 is 15.7. The molecule has 2 unspecified atom stereocenters. The van der Waals surface area contributed by atoms with Gasteiger partial charge in [-0.25, -0.2) is 13.9 Å². The fourth-order valence-electron chi connectivity index (χ4n) is 4.12. The van der Waals surface area contributed by atoms with E-state index >= 15 is 0 Å². The molecule has 1 saturated heterocycles. The Morgan fingerprint density at radius 3 is 2.83 bits per heavy atom. The lowest BCUT2D eigenvalue weighted by Gasteiger charge is -2.27. The molecule has 5 rings (SSSR count). The lowest BCUT2D eigenvalue weighted by atomic mass is 10.0. The minimum absolute atomic E-state index is 0.113. The van der Waals surface area contributed by atoms with Crippen LogP contribution in [-0.2, 0) is 0 Å². The number of benzene rings is 1. The molecule has 7 heteroatoms. The van der Waals surface area contributed by atoms with E-state index in [1.807, 2.05) is 24.5 Å². The van der Waals surface area contributed by atoms with Gasteiger partial charge in [0.2, 0.25) is 0 Å². The second kappa shape index (κ2) is 7.82. The molecule has 2 aromatic heterocycles. The first-order valence-electron chi connectivity index (χ1n) is 10.2. The zero-order valence-corrected chi connectivity index (χ0v) is 18.7. The minimum Gasteiger partial charge on any atom is -0.349 e. The molecule has 0 N–H and O–H groups in total. The van der Waals surface area contributed by atoms with Gasteiger partial charge in [-0.3, -0.25) is 0 Å². The number of hydrogen-bond donors (Lipinski definition) is 0. The summed E-state index contributed by atoms with van der Waals surface area (Å²) in [5.41, 5.74) is 2.75. The zero-order valence-electron chi connectivity index (χ0n) is 16.7. The average Bonchev–Trinajstić information content (AvgIpc) is 3.32. The van der Waals surface area contributed by atoms with Crippen LogP contribution in [-0.4, -0.2) is 21.1 Å². The van der Waals surface area contributed by atoms with E-state index in [1.165, 1.54) is 23.8 Å². The third-order valence-electron chi connectivity index (χ3n) is 5.90. The van der Waals surface area contributed by atoms with E-state index < -0.39 is 0 Å². The maximum Gasteiger partial charge on any atom is 0.165 e. The summed E-state index contributed by atoms with van der Waals surface area (Å²) >= 11 is 1.64. The van der Waals surface area contributed by atoms with Gasteiger partial charge in [0.25, 0.3) is 0 Å². The summed E-state index contributed by atoms with van der Waals surface area (Å²) in [5.74, 6) is 1.31. The van der Waals surface area contributed by atoms with E-state index in [4.69, 9.17) is 4.98 Å². The van der Waals surface area contributed by atoms with Crippen LogP contribution >= 0.6 is 21.0 Å². The lowest BCUT2D eigenvalue weighted by molar-refractivity contribution is 0.619. The van der Waals surface area contributed by atoms with E-state index in [9.17, 15) is 4.39 Å². The van der Waals surface area contributed by atoms with Crippen molar-refractivity contribution >= 4 is 42.7 Å². The molecule has 1 aromatic carbocycles. The largest absolute Gasteiger partial charge is 0.349 e. The topological polar surface area (TPSA) is 33.4 Å². The number of hydrogen-bond acceptors (Lipinski definition) is 4. The molecule has 3 heterocycles. The smallest absolute Gasteiger partial charge is 0.165 e. The van der Waals surface area contributed by atoms with Gasteiger partial charge in [-0.1, -0.05) is 31.0 Å². The Bertz CT molecular complexity index is 1150. The number of rotatable bonds is 6. The number of aromatic nitrogens is 3. The van der Waals surface area contributed by atoms with Crippen molar-refractivity contribution in [3.05, 3.63) is 71.7 Å². The van der Waals surface area contributed by atoms with Crippen LogP contribution in [0.1, 0.15) is 42.9 Å². The highest BCUT2D eigenvalue weighted by atomic mass is 32.2. The van der Waals surface area contributed by atoms with Crippen LogP contribution < -0.4 is 10.2 Å². The van der Waals surface area contributed by atoms with Crippen LogP contribution in [0.5, 0.6) is 0 Å². The number of fused-ring (bicyclic) bond motifs is 1. The third kappa shape index (κ3) is 3.67. The second-order valence-corrected chi connectivity index (χ2v) is 9.85. The van der Waals surface area contributed by atoms with E-state index in [0.29, 0.717) is 5.92 Å². The molecule has 1 aliphatic heterocycles. The first-order chi connectivity index (χ1) is 14.5. The number of allylic oxidation sites excluding steroid dienone is 1. The highest BCUT2D eigenvalue weighted by Crippen LogP contribution is 2.46. The van der Waals surface area contributed by atoms with E-state index in [1.54, 1.807) is 22.3 Å². The molecule has 2 fully saturated rings. The van der Waals surface area contributed by atoms with E-state index in [2.05, 4.69) is 32.4 Å². The van der Waals surface area contributed by atoms with Crippen molar-refractivity contribution in [1.82, 2.24) is 14.6 Å². The maximum absolute atomic E-state index is 13.9. The number of nitrogens with zero attached hydrogens (tertiary/aromatic N) is 4. The van der Waals surface area contributed by atoms with Gasteiger partial charge in [-0.05, 0) is 65.6 Å². The molecular weight excluding hydrogens is 414 g/mol. The fourth-order valence-corrected chi connectivity index (χ4v) is 5.46. The van der Waals surface area contributed by atoms with Crippen molar-refractivity contribution in [1.29, 1.82) is 0 Å². The van der Waals surface area contributed by atoms with Crippen molar-refractivity contribution in [3.63, 3.8) is 0 Å². The van der Waals surface area contributed by atoms with Crippen LogP contribution in [0.4, 0.5) is 10.2 Å². The summed E-state index contributed by atoms with van der Waals surface area (Å²) in [5, 5.41) is 5.49. The predicted molar refractivity (Wildman–Crippen MR) is 127 cm³/mol. The lowest BCUT2D eigenvalue weighted by Crippen LogP contribution is -2.26. The number of thioether (sulfide) groups is 1. The number of halogens is 1. The van der Waals surface area contributed by atoms with Gasteiger partial charge >= 0.3 is 0 Å². The third-order valence-corrected chi connectivity index (χ3v) is 7.48. The van der Waals surface area contributed by atoms with E-state index in [-0.39, 0.29) is 11.9 Å². The molecule has 154 valence electrons. The average molecular weight is 439 g/mol. The molecule has 2 atom stereocenters. The Kier molecular flexibility index (Phi) is 5.16. The van der Waals surface area contributed by atoms with Gasteiger partial charge in [-0.2, -0.15) is 5.10 Å². The molecule has 2 aliphatic rings. The molecule has 0 spiro atoms. The van der Waals surface area contributed by atoms with Crippen molar-refractivity contribution in [2.75, 3.05) is 11.4 Å². The molecule has 3 aromatic rings. The van der Waals surface area contributed by atoms with Gasteiger partial charge in [-0.15, -0.1) is 9.24 Å². The van der Waals surface area contributed by atoms with Crippen LogP contribution in [0.25, 0.3) is 10.6 Å². The Morgan fingerprint density at radius 1 is 1.20 bits per heavy atom. The summed E-state index contributed by atoms with van der Waals surface area (Å²) in [6.07, 6.45) is 8.25. The predicted octanol–water partition coefficient (Wildman–Crippen LogP) is 5.34. The van der Waals surface area contributed by atoms with Crippen molar-refractivity contribution < 1.29 is 4.39 Å². The zero-order chi connectivity index (χ0) is 20.8. The first-order valence-corrected chi connectivity index (χ1v) is 11.6. The summed E-state index contributed by atoms with van der Waals surface area (Å²) in [6.45, 7) is 9.35. The van der Waals surface area contributed by atoms with Crippen LogP contribution in [0.3, 0.4) is 0 Å². The van der Waals surface area contributed by atoms with Gasteiger partial charge in [0, 0.05) is 17.6 Å². The standard InChI is InChI=1S/C23H24FN4PS/c1-14(16-5-6-16)30-15(2)19-13-25-28-11-9-22(26-23(19)28)27-10-3-4-20(27)18-12-17(24)7-8-21(18)29/h7-9,11-13,16,20H,1-6,10,29H2. The molecule has 0 amide bonds. The van der Waals surface area contributed by atoms with Crippen LogP contribution in [0, 0.1) is 11.7 Å². The van der Waals surface area contributed by atoms with Crippen molar-refractivity contribution in [2.45, 2.75) is 31.7 Å². The van der Waals surface area contributed by atoms with Gasteiger partial charge < -0.3 is 4.90 Å². The SMILES string of the molecule is C=C(SC(=C)C1CC1)c1cnn2ccc(N3CCCC3c3cc(F)ccc3P)nc12. The molecule has 30 heavy (non-hydrogen) atoms. The monoisotopic (exact) mass is 438 g/mol. The Balaban J connectivity index is 1.47. The molecular formula is C23H24FN4PS. The molecule has 4 nitrogen and oxygen atoms in total. The molecule has 1 saturated carbocycles. The summed E-state index contributed by atoms with van der Waals surface area (Å²) in [6, 6.07) is 7.08. The van der Waals surface area contributed by atoms with Crippen molar-refractivity contribution in [3.8, 4) is 0 Å². The number of anilines is 1. The van der Waals surface area contributed by atoms with Crippen molar-refractivity contribution in [2.24, 2.45) is 5.92 Å². The highest BCUT2D eigenvalue weighted by molar-refractivity contribution is 8.11. The van der Waals surface area contributed by atoms with Gasteiger partial charge in [0.05, 0.1) is 17.8 Å². The minimum atomic E-state index is -0.200. The second-order valence-electron chi connectivity index (χ2n) is 8.00. The Hall–Kier alpha value is -2.17. The summed E-state index contributed by atoms with van der Waals surface area (Å²) in [7, 11) is 2.73. The fraction of sp³-hybridized carbons (Fsp3) is 0.304. The van der Waals surface area contributed by atoms with Gasteiger partial charge in [0.1, 0.15) is 11.6 Å². The van der Waals surface area contributed by atoms with Crippen LogP contribution in [0.15, 0.2) is 54.7 Å².